The molecule has 0 spiro atoms. The van der Waals surface area contributed by atoms with Crippen LogP contribution in [0.25, 0.3) is 0 Å². The topological polar surface area (TPSA) is 110 Å². The van der Waals surface area contributed by atoms with Crippen LogP contribution in [-0.4, -0.2) is 16.9 Å². The SMILES string of the molecule is CCC(CC)C(C)NC(=O)c1cccc([N+](=O)[O-])c1NN. The lowest BCUT2D eigenvalue weighted by Crippen LogP contribution is -2.38. The minimum atomic E-state index is -0.573. The fourth-order valence-corrected chi connectivity index (χ4v) is 2.43. The van der Waals surface area contributed by atoms with Gasteiger partial charge in [0, 0.05) is 12.1 Å². The van der Waals surface area contributed by atoms with Gasteiger partial charge in [-0.25, -0.2) is 0 Å². The third kappa shape index (κ3) is 3.91. The van der Waals surface area contributed by atoms with Crippen molar-refractivity contribution in [3.63, 3.8) is 0 Å². The predicted molar refractivity (Wildman–Crippen MR) is 81.9 cm³/mol. The summed E-state index contributed by atoms with van der Waals surface area (Å²) in [6.07, 6.45) is 1.91. The summed E-state index contributed by atoms with van der Waals surface area (Å²) in [5.41, 5.74) is 2.23. The first-order valence-corrected chi connectivity index (χ1v) is 7.01. The molecule has 0 heterocycles. The van der Waals surface area contributed by atoms with Gasteiger partial charge in [-0.05, 0) is 18.9 Å². The molecule has 4 N–H and O–H groups in total. The molecule has 7 nitrogen and oxygen atoms in total. The molecule has 1 aromatic carbocycles. The second-order valence-corrected chi connectivity index (χ2v) is 4.94. The summed E-state index contributed by atoms with van der Waals surface area (Å²) in [5, 5.41) is 13.8. The number of nitrogen functional groups attached to an aromatic ring is 1. The number of hydrogen-bond donors (Lipinski definition) is 3. The van der Waals surface area contributed by atoms with E-state index in [2.05, 4.69) is 24.6 Å². The number of nitro benzene ring substituents is 1. The molecule has 0 aliphatic rings. The van der Waals surface area contributed by atoms with Crippen molar-refractivity contribution in [3.8, 4) is 0 Å². The minimum absolute atomic E-state index is 0.0163. The number of nitro groups is 1. The van der Waals surface area contributed by atoms with Crippen LogP contribution in [0, 0.1) is 16.0 Å². The molecule has 21 heavy (non-hydrogen) atoms. The lowest BCUT2D eigenvalue weighted by molar-refractivity contribution is -0.384. The van der Waals surface area contributed by atoms with E-state index in [0.717, 1.165) is 12.8 Å². The van der Waals surface area contributed by atoms with Crippen molar-refractivity contribution in [2.24, 2.45) is 11.8 Å². The van der Waals surface area contributed by atoms with E-state index in [9.17, 15) is 14.9 Å². The second kappa shape index (κ2) is 7.58. The molecule has 0 bridgehead atoms. The lowest BCUT2D eigenvalue weighted by Gasteiger charge is -2.23. The number of nitrogens with zero attached hydrogens (tertiary/aromatic N) is 1. The van der Waals surface area contributed by atoms with Gasteiger partial charge in [0.15, 0.2) is 0 Å². The summed E-state index contributed by atoms with van der Waals surface area (Å²) in [6, 6.07) is 4.26. The Balaban J connectivity index is 3.02. The van der Waals surface area contributed by atoms with Gasteiger partial charge in [-0.3, -0.25) is 20.8 Å². The summed E-state index contributed by atoms with van der Waals surface area (Å²) < 4.78 is 0. The Bertz CT molecular complexity index is 515. The molecule has 0 radical (unpaired) electrons. The average Bonchev–Trinajstić information content (AvgIpc) is 2.47. The first kappa shape index (κ1) is 16.9. The predicted octanol–water partition coefficient (Wildman–Crippen LogP) is 2.43. The normalized spacial score (nSPS) is 12.0. The highest BCUT2D eigenvalue weighted by Gasteiger charge is 2.23. The van der Waals surface area contributed by atoms with E-state index in [-0.39, 0.29) is 28.9 Å². The average molecular weight is 294 g/mol. The van der Waals surface area contributed by atoms with Crippen LogP contribution in [0.2, 0.25) is 0 Å². The van der Waals surface area contributed by atoms with Crippen molar-refractivity contribution < 1.29 is 9.72 Å². The summed E-state index contributed by atoms with van der Waals surface area (Å²) in [4.78, 5) is 22.7. The Morgan fingerprint density at radius 1 is 1.38 bits per heavy atom. The van der Waals surface area contributed by atoms with Gasteiger partial charge in [-0.15, -0.1) is 0 Å². The number of benzene rings is 1. The molecule has 1 atom stereocenters. The molecule has 1 rings (SSSR count). The molecule has 1 aromatic rings. The number of hydrazine groups is 1. The van der Waals surface area contributed by atoms with E-state index in [1.807, 2.05) is 6.92 Å². The van der Waals surface area contributed by atoms with E-state index in [4.69, 9.17) is 5.84 Å². The van der Waals surface area contributed by atoms with Crippen LogP contribution in [0.1, 0.15) is 44.0 Å². The van der Waals surface area contributed by atoms with E-state index >= 15 is 0 Å². The van der Waals surface area contributed by atoms with Gasteiger partial charge in [0.2, 0.25) is 0 Å². The molecular weight excluding hydrogens is 272 g/mol. The maximum absolute atomic E-state index is 12.3. The van der Waals surface area contributed by atoms with Crippen LogP contribution in [-0.2, 0) is 0 Å². The number of para-hydroxylation sites is 1. The molecule has 1 amide bonds. The Morgan fingerprint density at radius 2 is 2.00 bits per heavy atom. The van der Waals surface area contributed by atoms with Crippen molar-refractivity contribution in [2.45, 2.75) is 39.7 Å². The third-order valence-corrected chi connectivity index (χ3v) is 3.74. The van der Waals surface area contributed by atoms with Crippen molar-refractivity contribution in [3.05, 3.63) is 33.9 Å². The minimum Gasteiger partial charge on any atom is -0.349 e. The van der Waals surface area contributed by atoms with Gasteiger partial charge in [0.25, 0.3) is 11.6 Å². The number of nitrogens with two attached hydrogens (primary N) is 1. The van der Waals surface area contributed by atoms with Gasteiger partial charge in [0.1, 0.15) is 5.69 Å². The molecule has 0 fully saturated rings. The molecule has 0 saturated heterocycles. The molecule has 1 unspecified atom stereocenters. The van der Waals surface area contributed by atoms with Crippen molar-refractivity contribution in [2.75, 3.05) is 5.43 Å². The van der Waals surface area contributed by atoms with Crippen LogP contribution in [0.15, 0.2) is 18.2 Å². The number of rotatable bonds is 7. The highest BCUT2D eigenvalue weighted by Crippen LogP contribution is 2.27. The number of anilines is 1. The van der Waals surface area contributed by atoms with Crippen molar-refractivity contribution in [1.29, 1.82) is 0 Å². The monoisotopic (exact) mass is 294 g/mol. The van der Waals surface area contributed by atoms with Crippen LogP contribution < -0.4 is 16.6 Å². The Hall–Kier alpha value is -2.15. The summed E-state index contributed by atoms with van der Waals surface area (Å²) in [6.45, 7) is 6.07. The standard InChI is InChI=1S/C14H22N4O3/c1-4-10(5-2)9(3)16-14(19)11-7-6-8-12(18(20)21)13(11)17-15/h6-10,17H,4-5,15H2,1-3H3,(H,16,19). The Labute approximate surface area is 124 Å². The molecule has 0 aromatic heterocycles. The Kier molecular flexibility index (Phi) is 6.10. The molecule has 0 aliphatic carbocycles. The maximum Gasteiger partial charge on any atom is 0.294 e. The molecule has 7 heteroatoms. The molecular formula is C14H22N4O3. The zero-order valence-electron chi connectivity index (χ0n) is 12.6. The van der Waals surface area contributed by atoms with Crippen molar-refractivity contribution >= 4 is 17.3 Å². The van der Waals surface area contributed by atoms with Gasteiger partial charge in [-0.1, -0.05) is 32.8 Å². The number of amides is 1. The summed E-state index contributed by atoms with van der Waals surface area (Å²) in [7, 11) is 0. The van der Waals surface area contributed by atoms with Crippen LogP contribution in [0.4, 0.5) is 11.4 Å². The van der Waals surface area contributed by atoms with Gasteiger partial charge in [0.05, 0.1) is 10.5 Å². The first-order chi connectivity index (χ1) is 9.96. The van der Waals surface area contributed by atoms with E-state index < -0.39 is 4.92 Å². The maximum atomic E-state index is 12.3. The first-order valence-electron chi connectivity index (χ1n) is 7.01. The second-order valence-electron chi connectivity index (χ2n) is 4.94. The van der Waals surface area contributed by atoms with Crippen LogP contribution >= 0.6 is 0 Å². The van der Waals surface area contributed by atoms with E-state index in [1.165, 1.54) is 18.2 Å². The summed E-state index contributed by atoms with van der Waals surface area (Å²) in [5.74, 6) is 5.33. The number of carbonyl (C=O) groups is 1. The quantitative estimate of drug-likeness (QED) is 0.406. The molecule has 0 saturated carbocycles. The van der Waals surface area contributed by atoms with Crippen molar-refractivity contribution in [1.82, 2.24) is 5.32 Å². The van der Waals surface area contributed by atoms with E-state index in [1.54, 1.807) is 0 Å². The largest absolute Gasteiger partial charge is 0.349 e. The fraction of sp³-hybridized carbons (Fsp3) is 0.500. The fourth-order valence-electron chi connectivity index (χ4n) is 2.43. The Morgan fingerprint density at radius 3 is 2.48 bits per heavy atom. The summed E-state index contributed by atoms with van der Waals surface area (Å²) >= 11 is 0. The molecule has 0 aliphatic heterocycles. The zero-order chi connectivity index (χ0) is 16.0. The molecule has 116 valence electrons. The van der Waals surface area contributed by atoms with Gasteiger partial charge in [-0.2, -0.15) is 0 Å². The lowest BCUT2D eigenvalue weighted by atomic mass is 9.95. The van der Waals surface area contributed by atoms with Gasteiger partial charge < -0.3 is 10.7 Å². The zero-order valence-corrected chi connectivity index (χ0v) is 12.6. The number of nitrogens with one attached hydrogen (secondary N) is 2. The highest BCUT2D eigenvalue weighted by molar-refractivity contribution is 6.01. The highest BCUT2D eigenvalue weighted by atomic mass is 16.6. The number of hydrogen-bond acceptors (Lipinski definition) is 5. The van der Waals surface area contributed by atoms with Crippen LogP contribution in [0.3, 0.4) is 0 Å². The third-order valence-electron chi connectivity index (χ3n) is 3.74. The smallest absolute Gasteiger partial charge is 0.294 e. The van der Waals surface area contributed by atoms with Gasteiger partial charge >= 0.3 is 0 Å². The number of carbonyl (C=O) groups excluding carboxylic acids is 1. The van der Waals surface area contributed by atoms with E-state index in [0.29, 0.717) is 5.92 Å². The van der Waals surface area contributed by atoms with Crippen LogP contribution in [0.5, 0.6) is 0 Å².